The van der Waals surface area contributed by atoms with Gasteiger partial charge < -0.3 is 0 Å². The minimum atomic E-state index is 0.634. The first-order valence-electron chi connectivity index (χ1n) is 28.7. The lowest BCUT2D eigenvalue weighted by Gasteiger charge is -2.18. The monoisotopic (exact) mass is 1060 g/mol. The summed E-state index contributed by atoms with van der Waals surface area (Å²) in [4.78, 5) is 0. The fourth-order valence-electron chi connectivity index (χ4n) is 14.7. The lowest BCUT2D eigenvalue weighted by atomic mass is 9.85. The average Bonchev–Trinajstić information content (AvgIpc) is 2.22. The summed E-state index contributed by atoms with van der Waals surface area (Å²) in [5.74, 6) is 0. The molecule has 0 radical (unpaired) electrons. The van der Waals surface area contributed by atoms with E-state index >= 15 is 0 Å². The fourth-order valence-corrected chi connectivity index (χ4v) is 14.7. The van der Waals surface area contributed by atoms with Gasteiger partial charge in [-0.2, -0.15) is 10.5 Å². The third-order valence-electron chi connectivity index (χ3n) is 18.6. The molecule has 0 saturated carbocycles. The molecule has 0 aromatic heterocycles. The summed E-state index contributed by atoms with van der Waals surface area (Å²) < 4.78 is 0. The Balaban J connectivity index is 0.880. The van der Waals surface area contributed by atoms with Crippen LogP contribution in [0.3, 0.4) is 0 Å². The zero-order chi connectivity index (χ0) is 55.3. The Kier molecular flexibility index (Phi) is 9.68. The van der Waals surface area contributed by atoms with Gasteiger partial charge in [0.1, 0.15) is 0 Å². The van der Waals surface area contributed by atoms with Gasteiger partial charge in [-0.3, -0.25) is 0 Å². The Morgan fingerprint density at radius 3 is 1.05 bits per heavy atom. The van der Waals surface area contributed by atoms with Crippen molar-refractivity contribution < 1.29 is 0 Å². The van der Waals surface area contributed by atoms with Crippen molar-refractivity contribution in [2.45, 2.75) is 0 Å². The Hall–Kier alpha value is -11.4. The summed E-state index contributed by atoms with van der Waals surface area (Å²) >= 11 is 0. The van der Waals surface area contributed by atoms with Crippen LogP contribution in [0, 0.1) is 22.7 Å². The molecule has 0 atom stereocenters. The topological polar surface area (TPSA) is 47.6 Å². The van der Waals surface area contributed by atoms with Crippen molar-refractivity contribution in [3.63, 3.8) is 0 Å². The molecule has 0 N–H and O–H groups in total. The van der Waals surface area contributed by atoms with E-state index < -0.39 is 0 Å². The second-order valence-electron chi connectivity index (χ2n) is 22.8. The Bertz CT molecular complexity index is 5700. The van der Waals surface area contributed by atoms with E-state index in [1.165, 1.54) is 148 Å². The van der Waals surface area contributed by atoms with Gasteiger partial charge in [-0.1, -0.05) is 188 Å². The van der Waals surface area contributed by atoms with Crippen LogP contribution in [-0.4, -0.2) is 0 Å². The number of benzene rings is 16. The first-order chi connectivity index (χ1) is 41.5. The van der Waals surface area contributed by atoms with E-state index in [-0.39, 0.29) is 0 Å². The predicted molar refractivity (Wildman–Crippen MR) is 352 cm³/mol. The van der Waals surface area contributed by atoms with Crippen LogP contribution in [0.2, 0.25) is 0 Å². The summed E-state index contributed by atoms with van der Waals surface area (Å²) in [5, 5.41) is 39.1. The highest BCUT2D eigenvalue weighted by molar-refractivity contribution is 6.30. The number of fused-ring (bicyclic) bond motifs is 16. The van der Waals surface area contributed by atoms with Crippen LogP contribution in [0.1, 0.15) is 11.1 Å². The average molecular weight is 1060 g/mol. The third kappa shape index (κ3) is 6.60. The maximum Gasteiger partial charge on any atom is 0.0991 e. The quantitative estimate of drug-likeness (QED) is 0.161. The zero-order valence-electron chi connectivity index (χ0n) is 45.3. The van der Waals surface area contributed by atoms with Gasteiger partial charge in [-0.15, -0.1) is 0 Å². The first kappa shape index (κ1) is 46.3. The largest absolute Gasteiger partial charge is 0.192 e. The molecule has 382 valence electrons. The van der Waals surface area contributed by atoms with Crippen molar-refractivity contribution in [1.82, 2.24) is 0 Å². The lowest BCUT2D eigenvalue weighted by molar-refractivity contribution is 1.48. The molecule has 2 aliphatic carbocycles. The molecule has 0 saturated heterocycles. The number of nitrogens with zero attached hydrogens (tertiary/aromatic N) is 2. The molecule has 0 fully saturated rings. The molecule has 0 spiro atoms. The number of nitriles is 2. The standard InChI is InChI=1S/C82H44N2/c83-45-47-24-28-51(29-25-47)65-38-77-69(57-19-8-7-18-56(57)65)39-67(52-30-26-48(46-84)27-31-52)75-42-72-62-23-11-22-59-55(34-35-63(82(59)62)73(72)44-79(75)77)54-32-33-58-64(49-12-3-1-4-13-49)37-78-76(68(58)36-54)40-66(50-14-5-2-6-15-50)74-41-70-60-20-9-16-53-17-10-21-61(81(53)60)71(70)43-80(74)78/h1-44H. The van der Waals surface area contributed by atoms with Crippen molar-refractivity contribution in [3.8, 4) is 112 Å². The van der Waals surface area contributed by atoms with Crippen molar-refractivity contribution in [1.29, 1.82) is 10.5 Å². The molecular weight excluding hydrogens is 1010 g/mol. The van der Waals surface area contributed by atoms with Crippen molar-refractivity contribution in [2.24, 2.45) is 0 Å². The molecule has 0 amide bonds. The molecule has 2 aliphatic rings. The van der Waals surface area contributed by atoms with Gasteiger partial charge in [-0.25, -0.2) is 0 Å². The van der Waals surface area contributed by atoms with Crippen molar-refractivity contribution >= 4 is 86.2 Å². The molecule has 18 rings (SSSR count). The summed E-state index contributed by atoms with van der Waals surface area (Å²) in [6.45, 7) is 0. The number of hydrogen-bond donors (Lipinski definition) is 0. The zero-order valence-corrected chi connectivity index (χ0v) is 45.3. The summed E-state index contributed by atoms with van der Waals surface area (Å²) in [6, 6.07) is 103. The van der Waals surface area contributed by atoms with E-state index in [0.29, 0.717) is 11.1 Å². The predicted octanol–water partition coefficient (Wildman–Crippen LogP) is 22.3. The minimum Gasteiger partial charge on any atom is -0.192 e. The van der Waals surface area contributed by atoms with E-state index in [2.05, 4.69) is 255 Å². The Morgan fingerprint density at radius 2 is 0.524 bits per heavy atom. The van der Waals surface area contributed by atoms with Gasteiger partial charge >= 0.3 is 0 Å². The molecule has 0 bridgehead atoms. The van der Waals surface area contributed by atoms with E-state index in [1.54, 1.807) is 0 Å². The van der Waals surface area contributed by atoms with Crippen LogP contribution in [0.5, 0.6) is 0 Å². The van der Waals surface area contributed by atoms with E-state index in [4.69, 9.17) is 0 Å². The molecule has 16 aromatic carbocycles. The molecule has 84 heavy (non-hydrogen) atoms. The van der Waals surface area contributed by atoms with Gasteiger partial charge in [0.05, 0.1) is 23.3 Å². The molecular formula is C82H44N2. The highest BCUT2D eigenvalue weighted by Gasteiger charge is 2.28. The van der Waals surface area contributed by atoms with Gasteiger partial charge in [0.2, 0.25) is 0 Å². The Morgan fingerprint density at radius 1 is 0.179 bits per heavy atom. The van der Waals surface area contributed by atoms with E-state index in [0.717, 1.165) is 38.4 Å². The normalized spacial score (nSPS) is 12.0. The first-order valence-corrected chi connectivity index (χ1v) is 28.7. The van der Waals surface area contributed by atoms with E-state index in [9.17, 15) is 10.5 Å². The summed E-state index contributed by atoms with van der Waals surface area (Å²) in [7, 11) is 0. The fraction of sp³-hybridized carbons (Fsp3) is 0. The second kappa shape index (κ2) is 17.5. The van der Waals surface area contributed by atoms with E-state index in [1.807, 2.05) is 24.3 Å². The molecule has 2 heteroatoms. The highest BCUT2D eigenvalue weighted by atomic mass is 14.3. The number of rotatable bonds is 5. The van der Waals surface area contributed by atoms with Crippen LogP contribution in [0.4, 0.5) is 0 Å². The lowest BCUT2D eigenvalue weighted by Crippen LogP contribution is -1.91. The van der Waals surface area contributed by atoms with Crippen LogP contribution >= 0.6 is 0 Å². The van der Waals surface area contributed by atoms with Crippen LogP contribution in [0.15, 0.2) is 267 Å². The SMILES string of the molecule is N#Cc1ccc(-c2cc3c4cc5c(cc4c(-c4ccc(C#N)cc4)cc3c3ccccc23)-c2cccc3c(-c4ccc6c(-c7ccccc7)cc7c8cc9c(cc8c(-c8ccccc8)cc7c6c4)-c4cccc6cccc-9c46)ccc-5c23)cc1. The van der Waals surface area contributed by atoms with Crippen LogP contribution in [0.25, 0.3) is 186 Å². The minimum absolute atomic E-state index is 0.634. The Labute approximate surface area is 484 Å². The van der Waals surface area contributed by atoms with Crippen LogP contribution < -0.4 is 0 Å². The number of hydrogen-bond acceptors (Lipinski definition) is 2. The smallest absolute Gasteiger partial charge is 0.0991 e. The van der Waals surface area contributed by atoms with Gasteiger partial charge in [0.15, 0.2) is 0 Å². The van der Waals surface area contributed by atoms with Crippen molar-refractivity contribution in [2.75, 3.05) is 0 Å². The van der Waals surface area contributed by atoms with Gasteiger partial charge in [0, 0.05) is 0 Å². The van der Waals surface area contributed by atoms with Crippen molar-refractivity contribution in [3.05, 3.63) is 278 Å². The van der Waals surface area contributed by atoms with Crippen LogP contribution in [-0.2, 0) is 0 Å². The van der Waals surface area contributed by atoms with Gasteiger partial charge in [-0.05, 0) is 265 Å². The molecule has 0 heterocycles. The molecule has 16 aromatic rings. The summed E-state index contributed by atoms with van der Waals surface area (Å²) in [5.41, 5.74) is 22.9. The molecule has 0 aliphatic heterocycles. The second-order valence-corrected chi connectivity index (χ2v) is 22.8. The van der Waals surface area contributed by atoms with Gasteiger partial charge in [0.25, 0.3) is 0 Å². The molecule has 0 unspecified atom stereocenters. The highest BCUT2D eigenvalue weighted by Crippen LogP contribution is 2.55. The maximum atomic E-state index is 9.87. The maximum absolute atomic E-state index is 9.87. The third-order valence-corrected chi connectivity index (χ3v) is 18.6. The molecule has 2 nitrogen and oxygen atoms in total. The summed E-state index contributed by atoms with van der Waals surface area (Å²) in [6.07, 6.45) is 0.